The Morgan fingerprint density at radius 1 is 1.40 bits per heavy atom. The number of carbonyl (C=O) groups is 1. The van der Waals surface area contributed by atoms with Crippen molar-refractivity contribution < 1.29 is 4.79 Å². The molecule has 1 saturated heterocycles. The molecule has 15 heavy (non-hydrogen) atoms. The second-order valence-electron chi connectivity index (χ2n) is 5.23. The Labute approximate surface area is 93.4 Å². The molecule has 0 aromatic heterocycles. The molecule has 88 valence electrons. The fourth-order valence-electron chi connectivity index (χ4n) is 2.07. The molecule has 0 saturated carbocycles. The molecule has 1 rings (SSSR count). The van der Waals surface area contributed by atoms with Gasteiger partial charge in [-0.05, 0) is 24.7 Å². The summed E-state index contributed by atoms with van der Waals surface area (Å²) in [6.45, 7) is 9.26. The van der Waals surface area contributed by atoms with Crippen LogP contribution in [0.15, 0.2) is 0 Å². The van der Waals surface area contributed by atoms with Crippen molar-refractivity contribution in [1.82, 2.24) is 9.80 Å². The molecule has 1 aliphatic heterocycles. The minimum atomic E-state index is 0.204. The van der Waals surface area contributed by atoms with E-state index in [0.29, 0.717) is 5.92 Å². The van der Waals surface area contributed by atoms with Crippen molar-refractivity contribution in [3.05, 3.63) is 0 Å². The van der Waals surface area contributed by atoms with E-state index >= 15 is 0 Å². The van der Waals surface area contributed by atoms with Crippen LogP contribution in [0.5, 0.6) is 0 Å². The molecule has 1 heterocycles. The number of rotatable bonds is 2. The first-order chi connectivity index (χ1) is 7.00. The van der Waals surface area contributed by atoms with Crippen molar-refractivity contribution in [3.63, 3.8) is 0 Å². The quantitative estimate of drug-likeness (QED) is 0.689. The van der Waals surface area contributed by atoms with E-state index in [1.165, 1.54) is 0 Å². The van der Waals surface area contributed by atoms with E-state index in [2.05, 4.69) is 20.8 Å². The van der Waals surface area contributed by atoms with Crippen LogP contribution in [0, 0.1) is 11.8 Å². The second-order valence-corrected chi connectivity index (χ2v) is 5.23. The van der Waals surface area contributed by atoms with E-state index in [0.717, 1.165) is 38.4 Å². The molecular formula is C12H24N2O. The average molecular weight is 212 g/mol. The van der Waals surface area contributed by atoms with E-state index in [9.17, 15) is 4.79 Å². The molecule has 0 unspecified atom stereocenters. The summed E-state index contributed by atoms with van der Waals surface area (Å²) < 4.78 is 0. The van der Waals surface area contributed by atoms with Crippen LogP contribution in [-0.2, 0) is 0 Å². The molecule has 1 aliphatic rings. The molecular weight excluding hydrogens is 188 g/mol. The smallest absolute Gasteiger partial charge is 0.319 e. The second kappa shape index (κ2) is 5.38. The van der Waals surface area contributed by atoms with Gasteiger partial charge in [-0.3, -0.25) is 0 Å². The van der Waals surface area contributed by atoms with Crippen LogP contribution in [-0.4, -0.2) is 42.5 Å². The minimum absolute atomic E-state index is 0.204. The Morgan fingerprint density at radius 2 is 1.93 bits per heavy atom. The van der Waals surface area contributed by atoms with Gasteiger partial charge in [0.2, 0.25) is 0 Å². The van der Waals surface area contributed by atoms with Gasteiger partial charge in [0.15, 0.2) is 0 Å². The summed E-state index contributed by atoms with van der Waals surface area (Å²) in [5, 5.41) is 0. The highest BCUT2D eigenvalue weighted by molar-refractivity contribution is 5.74. The summed E-state index contributed by atoms with van der Waals surface area (Å²) >= 11 is 0. The van der Waals surface area contributed by atoms with Gasteiger partial charge in [-0.2, -0.15) is 0 Å². The van der Waals surface area contributed by atoms with Crippen molar-refractivity contribution in [3.8, 4) is 0 Å². The zero-order valence-corrected chi connectivity index (χ0v) is 10.5. The Hall–Kier alpha value is -0.730. The normalized spacial score (nSPS) is 18.3. The van der Waals surface area contributed by atoms with Crippen LogP contribution in [0.3, 0.4) is 0 Å². The van der Waals surface area contributed by atoms with Gasteiger partial charge in [0.05, 0.1) is 0 Å². The van der Waals surface area contributed by atoms with Gasteiger partial charge in [0.25, 0.3) is 0 Å². The molecule has 0 bridgehead atoms. The van der Waals surface area contributed by atoms with Crippen molar-refractivity contribution >= 4 is 6.03 Å². The van der Waals surface area contributed by atoms with Crippen molar-refractivity contribution in [2.75, 3.05) is 26.7 Å². The first-order valence-electron chi connectivity index (χ1n) is 6.00. The lowest BCUT2D eigenvalue weighted by molar-refractivity contribution is 0.139. The van der Waals surface area contributed by atoms with Crippen LogP contribution >= 0.6 is 0 Å². The minimum Gasteiger partial charge on any atom is -0.327 e. The lowest BCUT2D eigenvalue weighted by Gasteiger charge is -2.34. The highest BCUT2D eigenvalue weighted by atomic mass is 16.2. The maximum absolute atomic E-state index is 12.0. The van der Waals surface area contributed by atoms with Gasteiger partial charge in [-0.1, -0.05) is 20.8 Å². The van der Waals surface area contributed by atoms with Crippen molar-refractivity contribution in [2.24, 2.45) is 11.8 Å². The number of likely N-dealkylation sites (tertiary alicyclic amines) is 1. The molecule has 0 radical (unpaired) electrons. The molecule has 0 spiro atoms. The average Bonchev–Trinajstić information content (AvgIpc) is 2.17. The summed E-state index contributed by atoms with van der Waals surface area (Å²) in [4.78, 5) is 15.8. The SMILES string of the molecule is CC(C)CN(C)C(=O)N1CCC(C)CC1. The molecule has 0 aromatic carbocycles. The Kier molecular flexibility index (Phi) is 4.43. The zero-order chi connectivity index (χ0) is 11.4. The molecule has 0 N–H and O–H groups in total. The van der Waals surface area contributed by atoms with Crippen LogP contribution in [0.4, 0.5) is 4.79 Å². The van der Waals surface area contributed by atoms with Gasteiger partial charge < -0.3 is 9.80 Å². The van der Waals surface area contributed by atoms with Gasteiger partial charge in [0, 0.05) is 26.7 Å². The number of hydrogen-bond acceptors (Lipinski definition) is 1. The first-order valence-corrected chi connectivity index (χ1v) is 6.00. The number of piperidine rings is 1. The van der Waals surface area contributed by atoms with Crippen LogP contribution in [0.25, 0.3) is 0 Å². The molecule has 0 aliphatic carbocycles. The highest BCUT2D eigenvalue weighted by Gasteiger charge is 2.22. The van der Waals surface area contributed by atoms with E-state index < -0.39 is 0 Å². The lowest BCUT2D eigenvalue weighted by Crippen LogP contribution is -2.45. The Balaban J connectivity index is 2.39. The summed E-state index contributed by atoms with van der Waals surface area (Å²) in [6.07, 6.45) is 2.31. The fourth-order valence-corrected chi connectivity index (χ4v) is 2.07. The number of urea groups is 1. The van der Waals surface area contributed by atoms with E-state index in [1.807, 2.05) is 16.8 Å². The van der Waals surface area contributed by atoms with Gasteiger partial charge >= 0.3 is 6.03 Å². The number of carbonyl (C=O) groups excluding carboxylic acids is 1. The monoisotopic (exact) mass is 212 g/mol. The fraction of sp³-hybridized carbons (Fsp3) is 0.917. The van der Waals surface area contributed by atoms with Gasteiger partial charge in [-0.15, -0.1) is 0 Å². The Morgan fingerprint density at radius 3 is 2.40 bits per heavy atom. The number of nitrogens with zero attached hydrogens (tertiary/aromatic N) is 2. The lowest BCUT2D eigenvalue weighted by atomic mass is 9.99. The topological polar surface area (TPSA) is 23.6 Å². The van der Waals surface area contributed by atoms with Crippen LogP contribution in [0.1, 0.15) is 33.6 Å². The maximum atomic E-state index is 12.0. The largest absolute Gasteiger partial charge is 0.327 e. The zero-order valence-electron chi connectivity index (χ0n) is 10.5. The highest BCUT2D eigenvalue weighted by Crippen LogP contribution is 2.17. The third kappa shape index (κ3) is 3.73. The number of hydrogen-bond donors (Lipinski definition) is 0. The first kappa shape index (κ1) is 12.3. The predicted molar refractivity (Wildman–Crippen MR) is 62.8 cm³/mol. The van der Waals surface area contributed by atoms with Crippen molar-refractivity contribution in [2.45, 2.75) is 33.6 Å². The van der Waals surface area contributed by atoms with E-state index in [4.69, 9.17) is 0 Å². The molecule has 2 amide bonds. The maximum Gasteiger partial charge on any atom is 0.319 e. The molecule has 3 nitrogen and oxygen atoms in total. The number of amides is 2. The molecule has 1 fully saturated rings. The van der Waals surface area contributed by atoms with E-state index in [1.54, 1.807) is 0 Å². The third-order valence-corrected chi connectivity index (χ3v) is 3.02. The summed E-state index contributed by atoms with van der Waals surface area (Å²) in [7, 11) is 1.90. The van der Waals surface area contributed by atoms with Crippen LogP contribution in [0.2, 0.25) is 0 Å². The molecule has 0 aromatic rings. The summed E-state index contributed by atoms with van der Waals surface area (Å²) in [5.41, 5.74) is 0. The standard InChI is InChI=1S/C12H24N2O/c1-10(2)9-13(4)12(15)14-7-5-11(3)6-8-14/h10-11H,5-9H2,1-4H3. The summed E-state index contributed by atoms with van der Waals surface area (Å²) in [6, 6.07) is 0.204. The molecule has 3 heteroatoms. The summed E-state index contributed by atoms with van der Waals surface area (Å²) in [5.74, 6) is 1.33. The van der Waals surface area contributed by atoms with Crippen molar-refractivity contribution in [1.29, 1.82) is 0 Å². The van der Waals surface area contributed by atoms with E-state index in [-0.39, 0.29) is 6.03 Å². The third-order valence-electron chi connectivity index (χ3n) is 3.02. The Bertz CT molecular complexity index is 208. The van der Waals surface area contributed by atoms with Crippen LogP contribution < -0.4 is 0 Å². The van der Waals surface area contributed by atoms with Gasteiger partial charge in [0.1, 0.15) is 0 Å². The van der Waals surface area contributed by atoms with Gasteiger partial charge in [-0.25, -0.2) is 4.79 Å². The predicted octanol–water partition coefficient (Wildman–Crippen LogP) is 2.43. The molecule has 0 atom stereocenters.